The molecule has 0 radical (unpaired) electrons. The molecule has 5 rings (SSSR count). The van der Waals surface area contributed by atoms with Gasteiger partial charge in [-0.2, -0.15) is 0 Å². The molecule has 2 aliphatic rings. The fourth-order valence-electron chi connectivity index (χ4n) is 4.96. The van der Waals surface area contributed by atoms with Crippen LogP contribution in [0.15, 0.2) is 54.7 Å². The highest BCUT2D eigenvalue weighted by Gasteiger charge is 2.42. The number of amides is 1. The van der Waals surface area contributed by atoms with Crippen LogP contribution in [0.5, 0.6) is 5.75 Å². The third kappa shape index (κ3) is 3.38. The molecule has 1 fully saturated rings. The molecule has 1 spiro atoms. The van der Waals surface area contributed by atoms with Crippen molar-refractivity contribution in [3.63, 3.8) is 0 Å². The summed E-state index contributed by atoms with van der Waals surface area (Å²) in [5, 5.41) is 3.86. The van der Waals surface area contributed by atoms with Crippen LogP contribution in [0.4, 0.5) is 5.69 Å². The largest absolute Gasteiger partial charge is 0.484 e. The topological polar surface area (TPSA) is 46.5 Å². The number of aromatic nitrogens is 1. The van der Waals surface area contributed by atoms with Crippen molar-refractivity contribution in [2.45, 2.75) is 39.2 Å². The molecule has 0 saturated carbocycles. The molecule has 1 aromatic heterocycles. The Morgan fingerprint density at radius 2 is 1.87 bits per heavy atom. The molecule has 0 atom stereocenters. The summed E-state index contributed by atoms with van der Waals surface area (Å²) in [6.45, 7) is 7.89. The predicted molar refractivity (Wildman–Crippen MR) is 123 cm³/mol. The molecule has 160 valence electrons. The minimum absolute atomic E-state index is 0.0504. The van der Waals surface area contributed by atoms with E-state index in [1.54, 1.807) is 0 Å². The van der Waals surface area contributed by atoms with Crippen molar-refractivity contribution in [1.29, 1.82) is 0 Å². The maximum Gasteiger partial charge on any atom is 0.260 e. The van der Waals surface area contributed by atoms with Crippen molar-refractivity contribution in [1.82, 2.24) is 9.47 Å². The van der Waals surface area contributed by atoms with Crippen molar-refractivity contribution >= 4 is 11.6 Å². The Bertz CT molecular complexity index is 1140. The molecule has 2 aromatic carbocycles. The van der Waals surface area contributed by atoms with Gasteiger partial charge in [0.15, 0.2) is 6.61 Å². The van der Waals surface area contributed by atoms with Crippen LogP contribution in [0.25, 0.3) is 5.69 Å². The molecule has 1 N–H and O–H groups in total. The highest BCUT2D eigenvalue weighted by molar-refractivity contribution is 5.78. The first-order valence-electron chi connectivity index (χ1n) is 11.0. The number of nitrogens with one attached hydrogen (secondary N) is 1. The van der Waals surface area contributed by atoms with E-state index in [0.717, 1.165) is 24.2 Å². The molecule has 2 aliphatic heterocycles. The van der Waals surface area contributed by atoms with E-state index in [1.165, 1.54) is 28.2 Å². The number of nitrogens with zero attached hydrogens (tertiary/aromatic N) is 2. The summed E-state index contributed by atoms with van der Waals surface area (Å²) in [6.07, 6.45) is 3.91. The number of piperidine rings is 1. The molecule has 1 saturated heterocycles. The second kappa shape index (κ2) is 7.49. The van der Waals surface area contributed by atoms with E-state index in [-0.39, 0.29) is 18.1 Å². The summed E-state index contributed by atoms with van der Waals surface area (Å²) in [4.78, 5) is 14.7. The van der Waals surface area contributed by atoms with E-state index >= 15 is 0 Å². The third-order valence-corrected chi connectivity index (χ3v) is 6.88. The predicted octanol–water partition coefficient (Wildman–Crippen LogP) is 4.72. The Morgan fingerprint density at radius 1 is 1.06 bits per heavy atom. The Kier molecular flexibility index (Phi) is 4.77. The SMILES string of the molecule is Cc1cccc(OCC(=O)N2CCC3(CC2)Nc2ccc(C)c(C)c2-n2cccc23)c1. The zero-order valence-corrected chi connectivity index (χ0v) is 18.4. The lowest BCUT2D eigenvalue weighted by molar-refractivity contribution is -0.134. The number of anilines is 1. The van der Waals surface area contributed by atoms with Gasteiger partial charge in [-0.15, -0.1) is 0 Å². The number of hydrogen-bond acceptors (Lipinski definition) is 3. The monoisotopic (exact) mass is 415 g/mol. The number of hydrogen-bond donors (Lipinski definition) is 1. The van der Waals surface area contributed by atoms with Gasteiger partial charge >= 0.3 is 0 Å². The van der Waals surface area contributed by atoms with Crippen LogP contribution < -0.4 is 10.1 Å². The van der Waals surface area contributed by atoms with Gasteiger partial charge in [-0.05, 0) is 80.6 Å². The van der Waals surface area contributed by atoms with Gasteiger partial charge < -0.3 is 19.5 Å². The van der Waals surface area contributed by atoms with Crippen LogP contribution in [0.3, 0.4) is 0 Å². The van der Waals surface area contributed by atoms with E-state index in [4.69, 9.17) is 4.74 Å². The van der Waals surface area contributed by atoms with Gasteiger partial charge in [0, 0.05) is 25.0 Å². The maximum atomic E-state index is 12.8. The number of carbonyl (C=O) groups excluding carboxylic acids is 1. The molecule has 31 heavy (non-hydrogen) atoms. The van der Waals surface area contributed by atoms with E-state index < -0.39 is 0 Å². The zero-order valence-electron chi connectivity index (χ0n) is 18.4. The minimum Gasteiger partial charge on any atom is -0.484 e. The summed E-state index contributed by atoms with van der Waals surface area (Å²) < 4.78 is 8.08. The van der Waals surface area contributed by atoms with E-state index in [2.05, 4.69) is 54.2 Å². The van der Waals surface area contributed by atoms with Crippen LogP contribution in [0.1, 0.15) is 35.2 Å². The van der Waals surface area contributed by atoms with Gasteiger partial charge in [0.05, 0.1) is 16.9 Å². The van der Waals surface area contributed by atoms with Gasteiger partial charge in [0.2, 0.25) is 0 Å². The molecule has 1 amide bonds. The van der Waals surface area contributed by atoms with Gasteiger partial charge in [-0.25, -0.2) is 0 Å². The Balaban J connectivity index is 1.31. The van der Waals surface area contributed by atoms with Crippen molar-refractivity contribution in [3.8, 4) is 11.4 Å². The lowest BCUT2D eigenvalue weighted by Crippen LogP contribution is -2.51. The summed E-state index contributed by atoms with van der Waals surface area (Å²) >= 11 is 0. The molecular formula is C26H29N3O2. The van der Waals surface area contributed by atoms with Crippen molar-refractivity contribution in [3.05, 3.63) is 77.1 Å². The number of benzene rings is 2. The van der Waals surface area contributed by atoms with Gasteiger partial charge in [-0.1, -0.05) is 18.2 Å². The van der Waals surface area contributed by atoms with Gasteiger partial charge in [-0.3, -0.25) is 4.79 Å². The molecule has 3 heterocycles. The standard InChI is InChI=1S/C26H29N3O2/c1-18-6-4-7-21(16-18)31-17-24(30)28-14-11-26(12-15-28)23-8-5-13-29(23)25-20(3)19(2)9-10-22(25)27-26/h4-10,13,16,27H,11-12,14-15,17H2,1-3H3. The quantitative estimate of drug-likeness (QED) is 0.673. The number of rotatable bonds is 3. The van der Waals surface area contributed by atoms with Crippen LogP contribution in [-0.2, 0) is 10.3 Å². The normalized spacial score (nSPS) is 16.4. The van der Waals surface area contributed by atoms with Crippen molar-refractivity contribution in [2.24, 2.45) is 0 Å². The Labute approximate surface area is 183 Å². The number of likely N-dealkylation sites (tertiary alicyclic amines) is 1. The fraction of sp³-hybridized carbons (Fsp3) is 0.346. The molecule has 5 heteroatoms. The molecule has 3 aromatic rings. The molecule has 0 bridgehead atoms. The lowest BCUT2D eigenvalue weighted by Gasteiger charge is -2.46. The zero-order chi connectivity index (χ0) is 21.6. The smallest absolute Gasteiger partial charge is 0.260 e. The first kappa shape index (κ1) is 19.7. The third-order valence-electron chi connectivity index (χ3n) is 6.88. The van der Waals surface area contributed by atoms with Gasteiger partial charge in [0.25, 0.3) is 5.91 Å². The van der Waals surface area contributed by atoms with E-state index in [9.17, 15) is 4.79 Å². The van der Waals surface area contributed by atoms with Crippen LogP contribution in [-0.4, -0.2) is 35.1 Å². The highest BCUT2D eigenvalue weighted by Crippen LogP contribution is 2.44. The van der Waals surface area contributed by atoms with E-state index in [1.807, 2.05) is 36.1 Å². The molecule has 0 aliphatic carbocycles. The number of aryl methyl sites for hydroxylation is 2. The molecule has 5 nitrogen and oxygen atoms in total. The first-order valence-corrected chi connectivity index (χ1v) is 11.0. The average molecular weight is 416 g/mol. The number of carbonyl (C=O) groups is 1. The number of ether oxygens (including phenoxy) is 1. The molecule has 0 unspecified atom stereocenters. The van der Waals surface area contributed by atoms with E-state index in [0.29, 0.717) is 13.1 Å². The van der Waals surface area contributed by atoms with Crippen LogP contribution in [0, 0.1) is 20.8 Å². The maximum absolute atomic E-state index is 12.8. The van der Waals surface area contributed by atoms with Crippen molar-refractivity contribution < 1.29 is 9.53 Å². The fourth-order valence-corrected chi connectivity index (χ4v) is 4.96. The Hall–Kier alpha value is -3.21. The lowest BCUT2D eigenvalue weighted by atomic mass is 9.82. The molecular weight excluding hydrogens is 386 g/mol. The average Bonchev–Trinajstić information content (AvgIpc) is 3.26. The van der Waals surface area contributed by atoms with Crippen LogP contribution in [0.2, 0.25) is 0 Å². The highest BCUT2D eigenvalue weighted by atomic mass is 16.5. The second-order valence-electron chi connectivity index (χ2n) is 8.86. The first-order chi connectivity index (χ1) is 15.0. The minimum atomic E-state index is -0.146. The number of fused-ring (bicyclic) bond motifs is 4. The summed E-state index contributed by atoms with van der Waals surface area (Å²) in [7, 11) is 0. The van der Waals surface area contributed by atoms with Crippen molar-refractivity contribution in [2.75, 3.05) is 25.0 Å². The summed E-state index contributed by atoms with van der Waals surface area (Å²) in [5.74, 6) is 0.797. The summed E-state index contributed by atoms with van der Waals surface area (Å²) in [6, 6.07) is 16.5. The second-order valence-corrected chi connectivity index (χ2v) is 8.86. The Morgan fingerprint density at radius 3 is 2.65 bits per heavy atom. The summed E-state index contributed by atoms with van der Waals surface area (Å²) in [5.41, 5.74) is 7.29. The van der Waals surface area contributed by atoms with Crippen LogP contribution >= 0.6 is 0 Å². The van der Waals surface area contributed by atoms with Gasteiger partial charge in [0.1, 0.15) is 5.75 Å².